The van der Waals surface area contributed by atoms with Crippen molar-refractivity contribution in [3.05, 3.63) is 0 Å². The van der Waals surface area contributed by atoms with E-state index in [0.717, 1.165) is 6.61 Å². The minimum absolute atomic E-state index is 0.368. The molecule has 1 rings (SSSR count). The van der Waals surface area contributed by atoms with Gasteiger partial charge in [-0.1, -0.05) is 0 Å². The first kappa shape index (κ1) is 10.2. The molecule has 0 aromatic heterocycles. The summed E-state index contributed by atoms with van der Waals surface area (Å²) in [4.78, 5) is 9.97. The van der Waals surface area contributed by atoms with Crippen LogP contribution in [0.15, 0.2) is 0 Å². The summed E-state index contributed by atoms with van der Waals surface area (Å²) in [5.74, 6) is 0. The summed E-state index contributed by atoms with van der Waals surface area (Å²) in [5, 5.41) is 0. The van der Waals surface area contributed by atoms with Gasteiger partial charge in [-0.15, -0.1) is 0 Å². The standard InChI is InChI=1S/C4H8O3.C3H6O/c1-3-7-4(5)6-2;1-3-2-4-3/h3H2,1-2H3;3H,2H2,1H3. The van der Waals surface area contributed by atoms with E-state index >= 15 is 0 Å². The molecule has 0 spiro atoms. The predicted octanol–water partition coefficient (Wildman–Crippen LogP) is 1.19. The molecule has 1 saturated heterocycles. The van der Waals surface area contributed by atoms with Gasteiger partial charge in [0.05, 0.1) is 26.4 Å². The van der Waals surface area contributed by atoms with Gasteiger partial charge in [0.1, 0.15) is 0 Å². The van der Waals surface area contributed by atoms with Crippen molar-refractivity contribution in [2.24, 2.45) is 0 Å². The summed E-state index contributed by atoms with van der Waals surface area (Å²) in [7, 11) is 1.28. The van der Waals surface area contributed by atoms with Gasteiger partial charge in [-0.25, -0.2) is 4.79 Å². The smallest absolute Gasteiger partial charge is 0.438 e. The second-order valence-electron chi connectivity index (χ2n) is 2.03. The van der Waals surface area contributed by atoms with Gasteiger partial charge in [0.25, 0.3) is 0 Å². The van der Waals surface area contributed by atoms with E-state index in [1.54, 1.807) is 6.92 Å². The average Bonchev–Trinajstić information content (AvgIpc) is 2.74. The third-order valence-electron chi connectivity index (χ3n) is 0.929. The molecule has 1 fully saturated rings. The molecule has 1 unspecified atom stereocenters. The van der Waals surface area contributed by atoms with Crippen molar-refractivity contribution < 1.29 is 19.0 Å². The molecule has 66 valence electrons. The molecule has 0 amide bonds. The predicted molar refractivity (Wildman–Crippen MR) is 39.4 cm³/mol. The molecule has 0 aromatic rings. The molecular formula is C7H14O4. The highest BCUT2D eigenvalue weighted by Crippen LogP contribution is 2.04. The van der Waals surface area contributed by atoms with E-state index in [9.17, 15) is 4.79 Å². The molecule has 0 bridgehead atoms. The minimum Gasteiger partial charge on any atom is -0.438 e. The van der Waals surface area contributed by atoms with Crippen LogP contribution in [0.2, 0.25) is 0 Å². The lowest BCUT2D eigenvalue weighted by molar-refractivity contribution is 0.0771. The monoisotopic (exact) mass is 162 g/mol. The molecule has 4 nitrogen and oxygen atoms in total. The summed E-state index contributed by atoms with van der Waals surface area (Å²) < 4.78 is 13.2. The third kappa shape index (κ3) is 9.23. The maximum atomic E-state index is 9.97. The van der Waals surface area contributed by atoms with Crippen LogP contribution in [0.3, 0.4) is 0 Å². The number of epoxide rings is 1. The van der Waals surface area contributed by atoms with E-state index in [-0.39, 0.29) is 0 Å². The molecule has 0 aliphatic carbocycles. The molecule has 4 heteroatoms. The zero-order valence-electron chi connectivity index (χ0n) is 7.12. The van der Waals surface area contributed by atoms with Crippen LogP contribution in [0.5, 0.6) is 0 Å². The number of rotatable bonds is 1. The molecule has 1 aliphatic rings. The number of ether oxygens (including phenoxy) is 3. The van der Waals surface area contributed by atoms with Crippen molar-refractivity contribution in [1.82, 2.24) is 0 Å². The zero-order valence-corrected chi connectivity index (χ0v) is 7.12. The lowest BCUT2D eigenvalue weighted by Crippen LogP contribution is -2.02. The molecule has 11 heavy (non-hydrogen) atoms. The van der Waals surface area contributed by atoms with Crippen molar-refractivity contribution in [3.63, 3.8) is 0 Å². The number of carbonyl (C=O) groups is 1. The van der Waals surface area contributed by atoms with Crippen molar-refractivity contribution in [1.29, 1.82) is 0 Å². The first-order chi connectivity index (χ1) is 5.20. The summed E-state index contributed by atoms with van der Waals surface area (Å²) in [6.07, 6.45) is -0.0394. The van der Waals surface area contributed by atoms with Gasteiger partial charge in [0, 0.05) is 0 Å². The number of carbonyl (C=O) groups excluding carboxylic acids is 1. The number of hydrogen-bond donors (Lipinski definition) is 0. The summed E-state index contributed by atoms with van der Waals surface area (Å²) in [5.41, 5.74) is 0. The topological polar surface area (TPSA) is 48.1 Å². The van der Waals surface area contributed by atoms with Crippen LogP contribution >= 0.6 is 0 Å². The quantitative estimate of drug-likeness (QED) is 0.429. The van der Waals surface area contributed by atoms with Crippen LogP contribution in [0.4, 0.5) is 4.79 Å². The number of hydrogen-bond acceptors (Lipinski definition) is 4. The van der Waals surface area contributed by atoms with E-state index in [1.165, 1.54) is 7.11 Å². The molecule has 1 atom stereocenters. The van der Waals surface area contributed by atoms with E-state index in [2.05, 4.69) is 16.4 Å². The molecular weight excluding hydrogens is 148 g/mol. The Morgan fingerprint density at radius 2 is 2.18 bits per heavy atom. The van der Waals surface area contributed by atoms with Crippen LogP contribution in [0.25, 0.3) is 0 Å². The Balaban J connectivity index is 0.000000207. The summed E-state index contributed by atoms with van der Waals surface area (Å²) in [6.45, 7) is 5.13. The maximum absolute atomic E-state index is 9.97. The highest BCUT2D eigenvalue weighted by Gasteiger charge is 2.13. The fourth-order valence-corrected chi connectivity index (χ4v) is 0.273. The highest BCUT2D eigenvalue weighted by molar-refractivity contribution is 5.59. The third-order valence-corrected chi connectivity index (χ3v) is 0.929. The average molecular weight is 162 g/mol. The van der Waals surface area contributed by atoms with Crippen LogP contribution in [-0.2, 0) is 14.2 Å². The molecule has 0 saturated carbocycles. The minimum atomic E-state index is -0.623. The summed E-state index contributed by atoms with van der Waals surface area (Å²) in [6, 6.07) is 0. The van der Waals surface area contributed by atoms with Gasteiger partial charge in [-0.05, 0) is 13.8 Å². The molecule has 0 aromatic carbocycles. The number of methoxy groups -OCH3 is 1. The van der Waals surface area contributed by atoms with Gasteiger partial charge in [-0.2, -0.15) is 0 Å². The SMILES string of the molecule is CC1CO1.CCOC(=O)OC. The van der Waals surface area contributed by atoms with Gasteiger partial charge < -0.3 is 14.2 Å². The van der Waals surface area contributed by atoms with Gasteiger partial charge in [0.2, 0.25) is 0 Å². The molecule has 0 N–H and O–H groups in total. The van der Waals surface area contributed by atoms with Crippen LogP contribution in [0, 0.1) is 0 Å². The largest absolute Gasteiger partial charge is 0.507 e. The Morgan fingerprint density at radius 3 is 2.27 bits per heavy atom. The molecule has 1 heterocycles. The van der Waals surface area contributed by atoms with Crippen LogP contribution in [0.1, 0.15) is 13.8 Å². The lowest BCUT2D eigenvalue weighted by Gasteiger charge is -1.94. The second-order valence-corrected chi connectivity index (χ2v) is 2.03. The van der Waals surface area contributed by atoms with E-state index in [1.807, 2.05) is 0 Å². The van der Waals surface area contributed by atoms with Gasteiger partial charge >= 0.3 is 6.16 Å². The Morgan fingerprint density at radius 1 is 1.73 bits per heavy atom. The van der Waals surface area contributed by atoms with E-state index in [4.69, 9.17) is 4.74 Å². The molecule has 0 radical (unpaired) electrons. The van der Waals surface area contributed by atoms with E-state index < -0.39 is 6.16 Å². The second kappa shape index (κ2) is 5.97. The fraction of sp³-hybridized carbons (Fsp3) is 0.857. The van der Waals surface area contributed by atoms with Crippen molar-refractivity contribution in [2.45, 2.75) is 20.0 Å². The van der Waals surface area contributed by atoms with Gasteiger partial charge in [0.15, 0.2) is 0 Å². The first-order valence-electron chi connectivity index (χ1n) is 3.53. The fourth-order valence-electron chi connectivity index (χ4n) is 0.273. The Bertz CT molecular complexity index is 109. The van der Waals surface area contributed by atoms with Crippen molar-refractivity contribution in [3.8, 4) is 0 Å². The highest BCUT2D eigenvalue weighted by atomic mass is 16.7. The Labute approximate surface area is 66.4 Å². The lowest BCUT2D eigenvalue weighted by atomic mass is 10.6. The summed E-state index contributed by atoms with van der Waals surface area (Å²) >= 11 is 0. The van der Waals surface area contributed by atoms with E-state index in [0.29, 0.717) is 12.7 Å². The zero-order chi connectivity index (χ0) is 8.69. The molecule has 1 aliphatic heterocycles. The maximum Gasteiger partial charge on any atom is 0.507 e. The van der Waals surface area contributed by atoms with Gasteiger partial charge in [-0.3, -0.25) is 0 Å². The van der Waals surface area contributed by atoms with Crippen molar-refractivity contribution in [2.75, 3.05) is 20.3 Å². The Hall–Kier alpha value is -0.770. The van der Waals surface area contributed by atoms with Crippen molar-refractivity contribution >= 4 is 6.16 Å². The normalized spacial score (nSPS) is 19.4. The Kier molecular flexibility index (Phi) is 5.56. The van der Waals surface area contributed by atoms with Crippen LogP contribution < -0.4 is 0 Å². The first-order valence-corrected chi connectivity index (χ1v) is 3.53. The van der Waals surface area contributed by atoms with Crippen LogP contribution in [-0.4, -0.2) is 32.6 Å².